The zero-order valence-electron chi connectivity index (χ0n) is 11.3. The molecule has 1 rings (SSSR count). The van der Waals surface area contributed by atoms with E-state index in [9.17, 15) is 22.8 Å². The molecular weight excluding hydrogens is 275 g/mol. The number of carboxylic acid groups (broad SMARTS) is 1. The number of carboxylic acids is 1. The lowest BCUT2D eigenvalue weighted by Crippen LogP contribution is -2.32. The van der Waals surface area contributed by atoms with E-state index in [1.807, 2.05) is 0 Å². The Hall–Kier alpha value is -1.27. The van der Waals surface area contributed by atoms with Crippen LogP contribution in [0.3, 0.4) is 0 Å². The number of carbonyl (C=O) groups excluding carboxylic acids is 1. The van der Waals surface area contributed by atoms with Crippen molar-refractivity contribution in [2.75, 3.05) is 6.54 Å². The van der Waals surface area contributed by atoms with Gasteiger partial charge in [0, 0.05) is 19.4 Å². The van der Waals surface area contributed by atoms with Crippen LogP contribution in [0.2, 0.25) is 0 Å². The smallest absolute Gasteiger partial charge is 0.389 e. The van der Waals surface area contributed by atoms with Crippen molar-refractivity contribution in [1.29, 1.82) is 0 Å². The van der Waals surface area contributed by atoms with Crippen LogP contribution in [0.15, 0.2) is 0 Å². The first-order valence-electron chi connectivity index (χ1n) is 6.78. The Morgan fingerprint density at radius 2 is 1.75 bits per heavy atom. The highest BCUT2D eigenvalue weighted by molar-refractivity contribution is 5.78. The molecule has 20 heavy (non-hydrogen) atoms. The van der Waals surface area contributed by atoms with E-state index >= 15 is 0 Å². The van der Waals surface area contributed by atoms with Gasteiger partial charge in [-0.05, 0) is 24.7 Å². The molecule has 1 aliphatic rings. The summed E-state index contributed by atoms with van der Waals surface area (Å²) < 4.78 is 35.8. The van der Waals surface area contributed by atoms with E-state index in [-0.39, 0.29) is 31.7 Å². The Bertz CT molecular complexity index is 349. The fourth-order valence-corrected chi connectivity index (χ4v) is 2.78. The second-order valence-electron chi connectivity index (χ2n) is 5.52. The molecule has 7 heteroatoms. The lowest BCUT2D eigenvalue weighted by molar-refractivity contribution is -0.141. The Labute approximate surface area is 115 Å². The summed E-state index contributed by atoms with van der Waals surface area (Å²) in [5, 5.41) is 11.3. The zero-order valence-corrected chi connectivity index (χ0v) is 11.3. The molecule has 1 fully saturated rings. The van der Waals surface area contributed by atoms with Crippen LogP contribution in [0, 0.1) is 5.41 Å². The summed E-state index contributed by atoms with van der Waals surface area (Å²) in [6, 6.07) is 0. The van der Waals surface area contributed by atoms with Crippen molar-refractivity contribution < 1.29 is 27.9 Å². The van der Waals surface area contributed by atoms with Gasteiger partial charge in [0.25, 0.3) is 0 Å². The van der Waals surface area contributed by atoms with E-state index in [1.165, 1.54) is 0 Å². The number of halogens is 3. The minimum absolute atomic E-state index is 0.0263. The molecule has 116 valence electrons. The quantitative estimate of drug-likeness (QED) is 0.710. The molecule has 0 saturated heterocycles. The van der Waals surface area contributed by atoms with Gasteiger partial charge in [-0.25, -0.2) is 0 Å². The third-order valence-electron chi connectivity index (χ3n) is 3.69. The van der Waals surface area contributed by atoms with Crippen molar-refractivity contribution in [2.24, 2.45) is 5.41 Å². The largest absolute Gasteiger partial charge is 0.481 e. The summed E-state index contributed by atoms with van der Waals surface area (Å²) in [4.78, 5) is 22.6. The van der Waals surface area contributed by atoms with E-state index in [1.54, 1.807) is 0 Å². The van der Waals surface area contributed by atoms with Crippen LogP contribution in [0.5, 0.6) is 0 Å². The molecule has 4 nitrogen and oxygen atoms in total. The fraction of sp³-hybridized carbons (Fsp3) is 0.846. The summed E-state index contributed by atoms with van der Waals surface area (Å²) in [5.41, 5.74) is -0.514. The summed E-state index contributed by atoms with van der Waals surface area (Å²) in [5.74, 6) is -1.29. The first-order chi connectivity index (χ1) is 9.22. The predicted molar refractivity (Wildman–Crippen MR) is 66.1 cm³/mol. The minimum atomic E-state index is -4.21. The molecule has 0 atom stereocenters. The van der Waals surface area contributed by atoms with Gasteiger partial charge < -0.3 is 10.4 Å². The highest BCUT2D eigenvalue weighted by Gasteiger charge is 2.37. The maximum Gasteiger partial charge on any atom is 0.389 e. The molecular formula is C13H20F3NO3. The maximum atomic E-state index is 11.9. The molecule has 0 aliphatic heterocycles. The van der Waals surface area contributed by atoms with Crippen LogP contribution in [0.25, 0.3) is 0 Å². The number of amides is 1. The van der Waals surface area contributed by atoms with Crippen LogP contribution in [0.1, 0.15) is 51.4 Å². The van der Waals surface area contributed by atoms with E-state index in [4.69, 9.17) is 5.11 Å². The summed E-state index contributed by atoms with van der Waals surface area (Å²) in [7, 11) is 0. The van der Waals surface area contributed by atoms with Crippen molar-refractivity contribution in [3.63, 3.8) is 0 Å². The van der Waals surface area contributed by atoms with Crippen molar-refractivity contribution >= 4 is 11.9 Å². The Kier molecular flexibility index (Phi) is 5.83. The second-order valence-corrected chi connectivity index (χ2v) is 5.52. The molecule has 0 aromatic carbocycles. The van der Waals surface area contributed by atoms with Gasteiger partial charge in [0.2, 0.25) is 5.91 Å². The lowest BCUT2D eigenvalue weighted by Gasteiger charge is -2.26. The molecule has 0 unspecified atom stereocenters. The van der Waals surface area contributed by atoms with Crippen LogP contribution < -0.4 is 5.32 Å². The van der Waals surface area contributed by atoms with Gasteiger partial charge in [-0.3, -0.25) is 9.59 Å². The van der Waals surface area contributed by atoms with Gasteiger partial charge in [0.05, 0.1) is 6.42 Å². The van der Waals surface area contributed by atoms with E-state index in [0.29, 0.717) is 12.8 Å². The van der Waals surface area contributed by atoms with Gasteiger partial charge in [0.1, 0.15) is 0 Å². The number of hydrogen-bond donors (Lipinski definition) is 2. The Balaban J connectivity index is 2.34. The van der Waals surface area contributed by atoms with Crippen molar-refractivity contribution in [3.05, 3.63) is 0 Å². The SMILES string of the molecule is O=C(O)CC1(CC(=O)NCCCC(F)(F)F)CCCC1. The minimum Gasteiger partial charge on any atom is -0.481 e. The van der Waals surface area contributed by atoms with Gasteiger partial charge >= 0.3 is 12.1 Å². The topological polar surface area (TPSA) is 66.4 Å². The van der Waals surface area contributed by atoms with E-state index in [0.717, 1.165) is 12.8 Å². The van der Waals surface area contributed by atoms with Crippen molar-refractivity contribution in [3.8, 4) is 0 Å². The molecule has 2 N–H and O–H groups in total. The lowest BCUT2D eigenvalue weighted by atomic mass is 9.79. The predicted octanol–water partition coefficient (Wildman–Crippen LogP) is 2.87. The number of rotatable bonds is 7. The number of nitrogens with one attached hydrogen (secondary N) is 1. The number of alkyl halides is 3. The van der Waals surface area contributed by atoms with Gasteiger partial charge in [0.15, 0.2) is 0 Å². The standard InChI is InChI=1S/C13H20F3NO3/c14-13(15,16)6-3-7-17-10(18)8-12(9-11(19)20)4-1-2-5-12/h1-9H2,(H,17,18)(H,19,20). The van der Waals surface area contributed by atoms with Crippen molar-refractivity contribution in [2.45, 2.75) is 57.5 Å². The van der Waals surface area contributed by atoms with Crippen LogP contribution in [-0.4, -0.2) is 29.7 Å². The molecule has 0 bridgehead atoms. The van der Waals surface area contributed by atoms with Gasteiger partial charge in [-0.2, -0.15) is 13.2 Å². The Morgan fingerprint density at radius 3 is 2.25 bits per heavy atom. The molecule has 1 aliphatic carbocycles. The van der Waals surface area contributed by atoms with E-state index in [2.05, 4.69) is 5.32 Å². The first kappa shape index (κ1) is 16.8. The van der Waals surface area contributed by atoms with Crippen LogP contribution in [-0.2, 0) is 9.59 Å². The monoisotopic (exact) mass is 295 g/mol. The first-order valence-corrected chi connectivity index (χ1v) is 6.78. The average Bonchev–Trinajstić information content (AvgIpc) is 2.70. The fourth-order valence-electron chi connectivity index (χ4n) is 2.78. The third-order valence-corrected chi connectivity index (χ3v) is 3.69. The number of aliphatic carboxylic acids is 1. The number of carbonyl (C=O) groups is 2. The maximum absolute atomic E-state index is 11.9. The van der Waals surface area contributed by atoms with Crippen LogP contribution in [0.4, 0.5) is 13.2 Å². The van der Waals surface area contributed by atoms with Crippen LogP contribution >= 0.6 is 0 Å². The normalized spacial score (nSPS) is 17.9. The Morgan fingerprint density at radius 1 is 1.15 bits per heavy atom. The van der Waals surface area contributed by atoms with Gasteiger partial charge in [-0.1, -0.05) is 12.8 Å². The average molecular weight is 295 g/mol. The molecule has 0 spiro atoms. The zero-order chi connectivity index (χ0) is 15.2. The third kappa shape index (κ3) is 6.25. The molecule has 1 amide bonds. The summed E-state index contributed by atoms with van der Waals surface area (Å²) >= 11 is 0. The molecule has 0 heterocycles. The molecule has 1 saturated carbocycles. The molecule has 0 aromatic rings. The molecule has 0 radical (unpaired) electrons. The number of hydrogen-bond acceptors (Lipinski definition) is 2. The van der Waals surface area contributed by atoms with Gasteiger partial charge in [-0.15, -0.1) is 0 Å². The summed E-state index contributed by atoms with van der Waals surface area (Å²) in [6.45, 7) is -0.0263. The summed E-state index contributed by atoms with van der Waals surface area (Å²) in [6.07, 6.45) is -2.07. The van der Waals surface area contributed by atoms with E-state index < -0.39 is 24.0 Å². The highest BCUT2D eigenvalue weighted by Crippen LogP contribution is 2.43. The highest BCUT2D eigenvalue weighted by atomic mass is 19.4. The second kappa shape index (κ2) is 6.95. The molecule has 0 aromatic heterocycles. The van der Waals surface area contributed by atoms with Crippen molar-refractivity contribution in [1.82, 2.24) is 5.32 Å².